The maximum atomic E-state index is 8.55. The van der Waals surface area contributed by atoms with Crippen molar-refractivity contribution in [2.24, 2.45) is 0 Å². The number of ether oxygens (including phenoxy) is 1. The van der Waals surface area contributed by atoms with E-state index < -0.39 is 0 Å². The third kappa shape index (κ3) is 7.83. The number of rotatable bonds is 3. The molecule has 0 aliphatic rings. The molecule has 0 aliphatic heterocycles. The van der Waals surface area contributed by atoms with Crippen LogP contribution in [0.5, 0.6) is 0 Å². The first-order valence-electron chi connectivity index (χ1n) is 4.76. The van der Waals surface area contributed by atoms with Gasteiger partial charge in [-0.05, 0) is 27.2 Å². The predicted octanol–water partition coefficient (Wildman–Crippen LogP) is 1.97. The van der Waals surface area contributed by atoms with Crippen molar-refractivity contribution in [3.63, 3.8) is 0 Å². The molecule has 0 amide bonds. The monoisotopic (exact) mass is 184 g/mol. The van der Waals surface area contributed by atoms with Crippen molar-refractivity contribution in [2.75, 3.05) is 6.61 Å². The van der Waals surface area contributed by atoms with Crippen LogP contribution in [0.3, 0.4) is 0 Å². The van der Waals surface area contributed by atoms with Crippen LogP contribution in [-0.4, -0.2) is 23.4 Å². The van der Waals surface area contributed by atoms with Crippen LogP contribution in [0.25, 0.3) is 0 Å². The molecular weight excluding hydrogens is 164 g/mol. The second-order valence-corrected chi connectivity index (χ2v) is 3.99. The molecule has 0 aliphatic carbocycles. The summed E-state index contributed by atoms with van der Waals surface area (Å²) in [5.74, 6) is 5.54. The van der Waals surface area contributed by atoms with Gasteiger partial charge in [0.2, 0.25) is 0 Å². The number of hydrogen-bond acceptors (Lipinski definition) is 2. The Morgan fingerprint density at radius 3 is 2.38 bits per heavy atom. The standard InChI is InChI=1S/C11H20O2/c1-5-7-10(8-6-9-12)13-11(2,3)4/h10,12H,5,7,9H2,1-4H3. The highest BCUT2D eigenvalue weighted by Crippen LogP contribution is 2.13. The largest absolute Gasteiger partial charge is 0.384 e. The van der Waals surface area contributed by atoms with Crippen LogP contribution >= 0.6 is 0 Å². The van der Waals surface area contributed by atoms with Gasteiger partial charge in [0, 0.05) is 0 Å². The van der Waals surface area contributed by atoms with Crippen LogP contribution < -0.4 is 0 Å². The maximum absolute atomic E-state index is 8.55. The smallest absolute Gasteiger partial charge is 0.119 e. The molecule has 0 saturated heterocycles. The predicted molar refractivity (Wildman–Crippen MR) is 54.4 cm³/mol. The summed E-state index contributed by atoms with van der Waals surface area (Å²) in [6.07, 6.45) is 1.92. The fourth-order valence-electron chi connectivity index (χ4n) is 1.01. The van der Waals surface area contributed by atoms with Crippen LogP contribution in [-0.2, 0) is 4.74 Å². The lowest BCUT2D eigenvalue weighted by Gasteiger charge is -2.24. The van der Waals surface area contributed by atoms with Crippen molar-refractivity contribution in [3.05, 3.63) is 0 Å². The second-order valence-electron chi connectivity index (χ2n) is 3.99. The molecule has 0 spiro atoms. The van der Waals surface area contributed by atoms with E-state index in [4.69, 9.17) is 9.84 Å². The summed E-state index contributed by atoms with van der Waals surface area (Å²) in [7, 11) is 0. The summed E-state index contributed by atoms with van der Waals surface area (Å²) in [5, 5.41) is 8.55. The zero-order valence-corrected chi connectivity index (χ0v) is 9.05. The summed E-state index contributed by atoms with van der Waals surface area (Å²) >= 11 is 0. The molecule has 0 saturated carbocycles. The van der Waals surface area contributed by atoms with E-state index in [1.807, 2.05) is 20.8 Å². The Balaban J connectivity index is 4.09. The van der Waals surface area contributed by atoms with Crippen LogP contribution in [0.2, 0.25) is 0 Å². The lowest BCUT2D eigenvalue weighted by Crippen LogP contribution is -2.26. The Bertz CT molecular complexity index is 180. The molecule has 76 valence electrons. The third-order valence-corrected chi connectivity index (χ3v) is 1.39. The average molecular weight is 184 g/mol. The van der Waals surface area contributed by atoms with Crippen molar-refractivity contribution in [1.29, 1.82) is 0 Å². The van der Waals surface area contributed by atoms with E-state index in [1.54, 1.807) is 0 Å². The third-order valence-electron chi connectivity index (χ3n) is 1.39. The van der Waals surface area contributed by atoms with Crippen molar-refractivity contribution in [2.45, 2.75) is 52.2 Å². The zero-order valence-electron chi connectivity index (χ0n) is 9.05. The van der Waals surface area contributed by atoms with Crippen molar-refractivity contribution in [1.82, 2.24) is 0 Å². The second kappa shape index (κ2) is 6.01. The molecule has 2 nitrogen and oxygen atoms in total. The van der Waals surface area contributed by atoms with Gasteiger partial charge in [0.25, 0.3) is 0 Å². The number of aliphatic hydroxyl groups excluding tert-OH is 1. The molecule has 0 aromatic carbocycles. The Hall–Kier alpha value is -0.520. The Morgan fingerprint density at radius 1 is 1.38 bits per heavy atom. The molecule has 1 atom stereocenters. The zero-order chi connectivity index (χ0) is 10.3. The van der Waals surface area contributed by atoms with Crippen molar-refractivity contribution >= 4 is 0 Å². The van der Waals surface area contributed by atoms with Gasteiger partial charge in [-0.25, -0.2) is 0 Å². The van der Waals surface area contributed by atoms with Gasteiger partial charge in [-0.1, -0.05) is 25.2 Å². The van der Waals surface area contributed by atoms with Crippen LogP contribution in [0.1, 0.15) is 40.5 Å². The molecule has 0 bridgehead atoms. The molecule has 0 radical (unpaired) electrons. The van der Waals surface area contributed by atoms with Gasteiger partial charge in [-0.15, -0.1) is 0 Å². The van der Waals surface area contributed by atoms with Crippen LogP contribution in [0.4, 0.5) is 0 Å². The van der Waals surface area contributed by atoms with E-state index in [1.165, 1.54) is 0 Å². The van der Waals surface area contributed by atoms with Gasteiger partial charge in [0.1, 0.15) is 12.7 Å². The quantitative estimate of drug-likeness (QED) is 0.679. The van der Waals surface area contributed by atoms with E-state index in [-0.39, 0.29) is 18.3 Å². The summed E-state index contributed by atoms with van der Waals surface area (Å²) < 4.78 is 5.70. The lowest BCUT2D eigenvalue weighted by molar-refractivity contribution is -0.0368. The van der Waals surface area contributed by atoms with E-state index in [0.717, 1.165) is 12.8 Å². The van der Waals surface area contributed by atoms with E-state index in [9.17, 15) is 0 Å². The van der Waals surface area contributed by atoms with Gasteiger partial charge in [-0.2, -0.15) is 0 Å². The number of hydrogen-bond donors (Lipinski definition) is 1. The molecule has 1 N–H and O–H groups in total. The van der Waals surface area contributed by atoms with Crippen molar-refractivity contribution in [3.8, 4) is 11.8 Å². The normalized spacial score (nSPS) is 13.3. The van der Waals surface area contributed by atoms with Gasteiger partial charge in [0.15, 0.2) is 0 Å². The highest BCUT2D eigenvalue weighted by Gasteiger charge is 2.15. The highest BCUT2D eigenvalue weighted by molar-refractivity contribution is 5.05. The molecule has 0 fully saturated rings. The summed E-state index contributed by atoms with van der Waals surface area (Å²) in [4.78, 5) is 0. The molecule has 13 heavy (non-hydrogen) atoms. The summed E-state index contributed by atoms with van der Waals surface area (Å²) in [6, 6.07) is 0. The minimum atomic E-state index is -0.163. The first-order valence-corrected chi connectivity index (χ1v) is 4.76. The minimum Gasteiger partial charge on any atom is -0.384 e. The maximum Gasteiger partial charge on any atom is 0.119 e. The summed E-state index contributed by atoms with van der Waals surface area (Å²) in [5.41, 5.74) is -0.163. The van der Waals surface area contributed by atoms with E-state index in [0.29, 0.717) is 0 Å². The minimum absolute atomic E-state index is 0.0443. The SMILES string of the molecule is CCCC(C#CCO)OC(C)(C)C. The molecule has 0 heterocycles. The average Bonchev–Trinajstić information content (AvgIpc) is 1.98. The fraction of sp³-hybridized carbons (Fsp3) is 0.818. The molecule has 0 aromatic heterocycles. The Morgan fingerprint density at radius 2 is 2.00 bits per heavy atom. The van der Waals surface area contributed by atoms with Crippen LogP contribution in [0, 0.1) is 11.8 Å². The number of aliphatic hydroxyl groups is 1. The molecule has 0 rings (SSSR count). The first-order chi connectivity index (χ1) is 5.99. The van der Waals surface area contributed by atoms with E-state index in [2.05, 4.69) is 18.8 Å². The fourth-order valence-corrected chi connectivity index (χ4v) is 1.01. The first kappa shape index (κ1) is 12.5. The summed E-state index contributed by atoms with van der Waals surface area (Å²) in [6.45, 7) is 8.04. The van der Waals surface area contributed by atoms with Gasteiger partial charge in [-0.3, -0.25) is 0 Å². The lowest BCUT2D eigenvalue weighted by atomic mass is 10.1. The van der Waals surface area contributed by atoms with Gasteiger partial charge in [0.05, 0.1) is 5.60 Å². The van der Waals surface area contributed by atoms with E-state index >= 15 is 0 Å². The van der Waals surface area contributed by atoms with Gasteiger partial charge < -0.3 is 9.84 Å². The molecular formula is C11H20O2. The molecule has 0 aromatic rings. The Labute approximate surface area is 81.3 Å². The topological polar surface area (TPSA) is 29.5 Å². The molecule has 2 heteroatoms. The highest BCUT2D eigenvalue weighted by atomic mass is 16.5. The Kier molecular flexibility index (Phi) is 5.77. The van der Waals surface area contributed by atoms with Gasteiger partial charge >= 0.3 is 0 Å². The van der Waals surface area contributed by atoms with Crippen LogP contribution in [0.15, 0.2) is 0 Å². The van der Waals surface area contributed by atoms with Crippen molar-refractivity contribution < 1.29 is 9.84 Å². The molecule has 1 unspecified atom stereocenters.